The zero-order valence-corrected chi connectivity index (χ0v) is 15.5. The van der Waals surface area contributed by atoms with Gasteiger partial charge in [0.15, 0.2) is 0 Å². The van der Waals surface area contributed by atoms with Gasteiger partial charge in [-0.3, -0.25) is 0 Å². The molecule has 5 heteroatoms. The van der Waals surface area contributed by atoms with Crippen LogP contribution in [-0.2, 0) is 12.8 Å². The largest absolute Gasteiger partial charge is 0.370 e. The van der Waals surface area contributed by atoms with Crippen LogP contribution in [-0.4, -0.2) is 23.1 Å². The molecule has 1 N–H and O–H groups in total. The number of rotatable bonds is 5. The van der Waals surface area contributed by atoms with Gasteiger partial charge in [0.25, 0.3) is 0 Å². The first-order chi connectivity index (χ1) is 13.2. The van der Waals surface area contributed by atoms with Gasteiger partial charge in [0.2, 0.25) is 5.95 Å². The molecular formula is C22H23FN4. The maximum atomic E-state index is 13.0. The normalized spacial score (nSPS) is 13.3. The lowest BCUT2D eigenvalue weighted by Gasteiger charge is -2.29. The fourth-order valence-corrected chi connectivity index (χ4v) is 3.49. The van der Waals surface area contributed by atoms with E-state index in [9.17, 15) is 4.39 Å². The molecular weight excluding hydrogens is 339 g/mol. The summed E-state index contributed by atoms with van der Waals surface area (Å²) in [4.78, 5) is 11.6. The molecule has 3 aromatic rings. The highest BCUT2D eigenvalue weighted by Crippen LogP contribution is 2.31. The van der Waals surface area contributed by atoms with Crippen molar-refractivity contribution in [2.24, 2.45) is 0 Å². The summed E-state index contributed by atoms with van der Waals surface area (Å²) in [6.45, 7) is 3.65. The molecule has 138 valence electrons. The van der Waals surface area contributed by atoms with Crippen molar-refractivity contribution in [3.63, 3.8) is 0 Å². The Bertz CT molecular complexity index is 924. The third-order valence-electron chi connectivity index (χ3n) is 4.83. The fraction of sp³-hybridized carbons (Fsp3) is 0.273. The van der Waals surface area contributed by atoms with Crippen LogP contribution in [0, 0.1) is 12.7 Å². The minimum atomic E-state index is -0.204. The summed E-state index contributed by atoms with van der Waals surface area (Å²) < 4.78 is 13.0. The molecule has 1 aliphatic rings. The number of nitrogens with zero attached hydrogens (tertiary/aromatic N) is 3. The molecule has 0 radical (unpaired) electrons. The van der Waals surface area contributed by atoms with E-state index in [1.165, 1.54) is 23.4 Å². The van der Waals surface area contributed by atoms with Gasteiger partial charge in [-0.15, -0.1) is 0 Å². The van der Waals surface area contributed by atoms with E-state index < -0.39 is 0 Å². The van der Waals surface area contributed by atoms with Crippen molar-refractivity contribution in [2.75, 3.05) is 23.3 Å². The average Bonchev–Trinajstić information content (AvgIpc) is 2.69. The quantitative estimate of drug-likeness (QED) is 0.716. The lowest BCUT2D eigenvalue weighted by Crippen LogP contribution is -2.26. The van der Waals surface area contributed by atoms with E-state index in [0.717, 1.165) is 55.4 Å². The van der Waals surface area contributed by atoms with Crippen molar-refractivity contribution in [2.45, 2.75) is 26.2 Å². The number of halogens is 1. The lowest BCUT2D eigenvalue weighted by molar-refractivity contribution is 0.627. The first-order valence-electron chi connectivity index (χ1n) is 9.38. The van der Waals surface area contributed by atoms with Crippen molar-refractivity contribution in [3.05, 3.63) is 77.2 Å². The molecule has 4 nitrogen and oxygen atoms in total. The van der Waals surface area contributed by atoms with Crippen LogP contribution in [0.15, 0.2) is 54.6 Å². The summed E-state index contributed by atoms with van der Waals surface area (Å²) in [5, 5.41) is 3.38. The highest BCUT2D eigenvalue weighted by molar-refractivity contribution is 5.64. The van der Waals surface area contributed by atoms with Crippen LogP contribution in [0.3, 0.4) is 0 Å². The van der Waals surface area contributed by atoms with Gasteiger partial charge in [-0.05, 0) is 55.5 Å². The van der Waals surface area contributed by atoms with E-state index in [1.54, 1.807) is 0 Å². The van der Waals surface area contributed by atoms with Crippen molar-refractivity contribution >= 4 is 17.5 Å². The smallest absolute Gasteiger partial charge is 0.232 e. The lowest BCUT2D eigenvalue weighted by atomic mass is 10.0. The van der Waals surface area contributed by atoms with E-state index >= 15 is 0 Å². The molecule has 1 aliphatic heterocycles. The summed E-state index contributed by atoms with van der Waals surface area (Å²) in [5.41, 5.74) is 4.58. The first-order valence-corrected chi connectivity index (χ1v) is 9.38. The van der Waals surface area contributed by atoms with Gasteiger partial charge < -0.3 is 10.2 Å². The van der Waals surface area contributed by atoms with Crippen molar-refractivity contribution in [3.8, 4) is 0 Å². The molecule has 4 rings (SSSR count). The molecule has 1 aromatic heterocycles. The Morgan fingerprint density at radius 3 is 2.74 bits per heavy atom. The highest BCUT2D eigenvalue weighted by Gasteiger charge is 2.20. The molecule has 0 fully saturated rings. The first kappa shape index (κ1) is 17.5. The Balaban J connectivity index is 1.49. The third kappa shape index (κ3) is 4.08. The molecule has 2 heterocycles. The highest BCUT2D eigenvalue weighted by atomic mass is 19.1. The van der Waals surface area contributed by atoms with E-state index in [2.05, 4.69) is 39.5 Å². The number of anilines is 3. The van der Waals surface area contributed by atoms with Crippen LogP contribution in [0.4, 0.5) is 21.8 Å². The molecule has 0 bridgehead atoms. The van der Waals surface area contributed by atoms with Gasteiger partial charge >= 0.3 is 0 Å². The number of aryl methyl sites for hydroxylation is 2. The van der Waals surface area contributed by atoms with Gasteiger partial charge in [-0.2, -0.15) is 4.98 Å². The van der Waals surface area contributed by atoms with Crippen LogP contribution in [0.25, 0.3) is 0 Å². The minimum Gasteiger partial charge on any atom is -0.370 e. The summed E-state index contributed by atoms with van der Waals surface area (Å²) >= 11 is 0. The topological polar surface area (TPSA) is 41.1 Å². The average molecular weight is 362 g/mol. The SMILES string of the molecule is Cc1cc(NCCc2ccc(F)cc2)nc(N2CCCc3ccccc32)n1. The predicted molar refractivity (Wildman–Crippen MR) is 107 cm³/mol. The number of hydrogen-bond acceptors (Lipinski definition) is 4. The number of aromatic nitrogens is 2. The molecule has 0 amide bonds. The Morgan fingerprint density at radius 1 is 1.07 bits per heavy atom. The van der Waals surface area contributed by atoms with Crippen molar-refractivity contribution < 1.29 is 4.39 Å². The number of fused-ring (bicyclic) bond motifs is 1. The number of nitrogens with one attached hydrogen (secondary N) is 1. The summed E-state index contributed by atoms with van der Waals surface area (Å²) in [7, 11) is 0. The van der Waals surface area contributed by atoms with Gasteiger partial charge in [-0.1, -0.05) is 30.3 Å². The van der Waals surface area contributed by atoms with Crippen LogP contribution < -0.4 is 10.2 Å². The van der Waals surface area contributed by atoms with Gasteiger partial charge in [-0.25, -0.2) is 9.37 Å². The predicted octanol–water partition coefficient (Wildman–Crippen LogP) is 4.66. The van der Waals surface area contributed by atoms with Crippen molar-refractivity contribution in [1.29, 1.82) is 0 Å². The second-order valence-electron chi connectivity index (χ2n) is 6.88. The Hall–Kier alpha value is -2.95. The zero-order chi connectivity index (χ0) is 18.6. The molecule has 27 heavy (non-hydrogen) atoms. The summed E-state index contributed by atoms with van der Waals surface area (Å²) in [6, 6.07) is 17.1. The van der Waals surface area contributed by atoms with E-state index in [-0.39, 0.29) is 5.82 Å². The van der Waals surface area contributed by atoms with Crippen LogP contribution in [0.1, 0.15) is 23.2 Å². The summed E-state index contributed by atoms with van der Waals surface area (Å²) in [5.74, 6) is 1.36. The molecule has 0 aliphatic carbocycles. The standard InChI is InChI=1S/C22H23FN4/c1-16-15-21(24-13-12-17-8-10-19(23)11-9-17)26-22(25-16)27-14-4-6-18-5-2-3-7-20(18)27/h2-3,5,7-11,15H,4,6,12-14H2,1H3,(H,24,25,26). The van der Waals surface area contributed by atoms with Crippen molar-refractivity contribution in [1.82, 2.24) is 9.97 Å². The fourth-order valence-electron chi connectivity index (χ4n) is 3.49. The molecule has 0 spiro atoms. The third-order valence-corrected chi connectivity index (χ3v) is 4.83. The maximum Gasteiger partial charge on any atom is 0.232 e. The summed E-state index contributed by atoms with van der Waals surface area (Å²) in [6.07, 6.45) is 3.01. The zero-order valence-electron chi connectivity index (χ0n) is 15.5. The maximum absolute atomic E-state index is 13.0. The Morgan fingerprint density at radius 2 is 1.89 bits per heavy atom. The molecule has 0 atom stereocenters. The van der Waals surface area contributed by atoms with Crippen LogP contribution in [0.2, 0.25) is 0 Å². The second kappa shape index (κ2) is 7.74. The Labute approximate surface area is 159 Å². The minimum absolute atomic E-state index is 0.204. The number of benzene rings is 2. The molecule has 0 saturated carbocycles. The van der Waals surface area contributed by atoms with Gasteiger partial charge in [0.05, 0.1) is 0 Å². The van der Waals surface area contributed by atoms with Gasteiger partial charge in [0.1, 0.15) is 11.6 Å². The van der Waals surface area contributed by atoms with E-state index in [1.807, 2.05) is 25.1 Å². The van der Waals surface area contributed by atoms with Gasteiger partial charge in [0, 0.05) is 30.5 Å². The Kier molecular flexibility index (Phi) is 5.01. The number of para-hydroxylation sites is 1. The van der Waals surface area contributed by atoms with E-state index in [0.29, 0.717) is 0 Å². The molecule has 0 unspecified atom stereocenters. The number of hydrogen-bond donors (Lipinski definition) is 1. The molecule has 2 aromatic carbocycles. The van der Waals surface area contributed by atoms with Crippen LogP contribution in [0.5, 0.6) is 0 Å². The molecule has 0 saturated heterocycles. The van der Waals surface area contributed by atoms with E-state index in [4.69, 9.17) is 4.98 Å². The second-order valence-corrected chi connectivity index (χ2v) is 6.88. The van der Waals surface area contributed by atoms with Crippen LogP contribution >= 0.6 is 0 Å². The monoisotopic (exact) mass is 362 g/mol.